The van der Waals surface area contributed by atoms with E-state index >= 15 is 0 Å². The minimum Gasteiger partial charge on any atom is -0.378 e. The number of hydrogen-bond donors (Lipinski definition) is 1. The van der Waals surface area contributed by atoms with Crippen LogP contribution in [0.2, 0.25) is 5.02 Å². The summed E-state index contributed by atoms with van der Waals surface area (Å²) in [4.78, 5) is 19.3. The van der Waals surface area contributed by atoms with Crippen LogP contribution in [0.3, 0.4) is 0 Å². The molecule has 2 heterocycles. The van der Waals surface area contributed by atoms with E-state index in [0.717, 1.165) is 58.7 Å². The van der Waals surface area contributed by atoms with E-state index in [9.17, 15) is 9.90 Å². The topological polar surface area (TPSA) is 47.0 Å². The molecule has 138 valence electrons. The number of likely N-dealkylation sites (tertiary alicyclic amines) is 1. The number of piperidine rings is 1. The van der Waals surface area contributed by atoms with Gasteiger partial charge in [-0.3, -0.25) is 4.79 Å². The molecule has 1 unspecified atom stereocenters. The van der Waals surface area contributed by atoms with Crippen molar-refractivity contribution < 1.29 is 9.90 Å². The van der Waals surface area contributed by atoms with E-state index in [1.165, 1.54) is 0 Å². The number of benzene rings is 1. The zero-order chi connectivity index (χ0) is 17.8. The summed E-state index contributed by atoms with van der Waals surface area (Å²) in [5.41, 5.74) is 0.494. The predicted molar refractivity (Wildman–Crippen MR) is 99.7 cm³/mol. The molecule has 0 saturated carbocycles. The third kappa shape index (κ3) is 4.73. The van der Waals surface area contributed by atoms with Crippen LogP contribution in [-0.2, 0) is 4.79 Å². The Morgan fingerprint density at radius 2 is 1.80 bits per heavy atom. The smallest absolute Gasteiger partial charge is 0.256 e. The summed E-state index contributed by atoms with van der Waals surface area (Å²) in [6, 6.07) is 7.01. The molecule has 0 aliphatic carbocycles. The molecule has 5 nitrogen and oxygen atoms in total. The van der Waals surface area contributed by atoms with E-state index in [-0.39, 0.29) is 5.91 Å². The lowest BCUT2D eigenvalue weighted by Gasteiger charge is -2.38. The largest absolute Gasteiger partial charge is 0.378 e. The van der Waals surface area contributed by atoms with Crippen LogP contribution in [0.25, 0.3) is 0 Å². The Kier molecular flexibility index (Phi) is 6.34. The van der Waals surface area contributed by atoms with Crippen molar-refractivity contribution in [1.29, 1.82) is 0 Å². The van der Waals surface area contributed by atoms with Gasteiger partial charge in [-0.05, 0) is 31.9 Å². The van der Waals surface area contributed by atoms with Crippen LogP contribution < -0.4 is 0 Å². The number of likely N-dealkylation sites (N-methyl/N-ethyl adjacent to an activating group) is 1. The third-order valence-corrected chi connectivity index (χ3v) is 5.82. The third-order valence-electron chi connectivity index (χ3n) is 5.47. The van der Waals surface area contributed by atoms with E-state index < -0.39 is 6.10 Å². The summed E-state index contributed by atoms with van der Waals surface area (Å²) in [6.45, 7) is 7.13. The Bertz CT molecular complexity index is 582. The Balaban J connectivity index is 1.48. The molecular formula is C19H28ClN3O2. The van der Waals surface area contributed by atoms with Crippen LogP contribution in [0, 0.1) is 5.92 Å². The molecule has 0 radical (unpaired) electrons. The number of carbonyl (C=O) groups is 1. The van der Waals surface area contributed by atoms with Crippen molar-refractivity contribution in [2.45, 2.75) is 18.9 Å². The maximum absolute atomic E-state index is 12.6. The highest BCUT2D eigenvalue weighted by molar-refractivity contribution is 6.31. The molecular weight excluding hydrogens is 338 g/mol. The molecule has 1 aromatic carbocycles. The SMILES string of the molecule is CN1CCN(CC2CCN(C(=O)C(O)c3ccccc3Cl)CC2)CC1. The Morgan fingerprint density at radius 1 is 1.16 bits per heavy atom. The summed E-state index contributed by atoms with van der Waals surface area (Å²) >= 11 is 6.10. The molecule has 1 amide bonds. The molecule has 2 saturated heterocycles. The zero-order valence-electron chi connectivity index (χ0n) is 14.9. The molecule has 0 bridgehead atoms. The fourth-order valence-electron chi connectivity index (χ4n) is 3.73. The number of amides is 1. The molecule has 2 aliphatic heterocycles. The van der Waals surface area contributed by atoms with E-state index in [1.807, 2.05) is 0 Å². The molecule has 1 N–H and O–H groups in total. The van der Waals surface area contributed by atoms with Gasteiger partial charge in [-0.1, -0.05) is 29.8 Å². The number of rotatable bonds is 4. The fraction of sp³-hybridized carbons (Fsp3) is 0.632. The van der Waals surface area contributed by atoms with Crippen molar-refractivity contribution in [3.8, 4) is 0 Å². The van der Waals surface area contributed by atoms with E-state index in [4.69, 9.17) is 11.6 Å². The number of carbonyl (C=O) groups excluding carboxylic acids is 1. The van der Waals surface area contributed by atoms with Crippen molar-refractivity contribution in [3.05, 3.63) is 34.9 Å². The van der Waals surface area contributed by atoms with Gasteiger partial charge in [0.2, 0.25) is 0 Å². The van der Waals surface area contributed by atoms with Crippen molar-refractivity contribution in [1.82, 2.24) is 14.7 Å². The average Bonchev–Trinajstić information content (AvgIpc) is 2.63. The van der Waals surface area contributed by atoms with Gasteiger partial charge in [0.15, 0.2) is 6.10 Å². The first-order valence-corrected chi connectivity index (χ1v) is 9.54. The number of piperazine rings is 1. The molecule has 1 aromatic rings. The Morgan fingerprint density at radius 3 is 2.44 bits per heavy atom. The maximum Gasteiger partial charge on any atom is 0.256 e. The quantitative estimate of drug-likeness (QED) is 0.884. The second-order valence-corrected chi connectivity index (χ2v) is 7.70. The lowest BCUT2D eigenvalue weighted by Crippen LogP contribution is -2.48. The molecule has 2 fully saturated rings. The zero-order valence-corrected chi connectivity index (χ0v) is 15.7. The van der Waals surface area contributed by atoms with Crippen LogP contribution in [0.15, 0.2) is 24.3 Å². The first-order valence-electron chi connectivity index (χ1n) is 9.17. The first-order chi connectivity index (χ1) is 12.0. The van der Waals surface area contributed by atoms with Gasteiger partial charge in [-0.25, -0.2) is 0 Å². The Labute approximate surface area is 155 Å². The van der Waals surface area contributed by atoms with Crippen molar-refractivity contribution in [2.75, 3.05) is 52.9 Å². The van der Waals surface area contributed by atoms with Gasteiger partial charge in [0.1, 0.15) is 0 Å². The van der Waals surface area contributed by atoms with Crippen LogP contribution in [0.5, 0.6) is 0 Å². The average molecular weight is 366 g/mol. The fourth-order valence-corrected chi connectivity index (χ4v) is 3.97. The van der Waals surface area contributed by atoms with Gasteiger partial charge in [0, 0.05) is 56.4 Å². The molecule has 25 heavy (non-hydrogen) atoms. The minimum absolute atomic E-state index is 0.230. The Hall–Kier alpha value is -1.14. The van der Waals surface area contributed by atoms with E-state index in [0.29, 0.717) is 16.5 Å². The molecule has 6 heteroatoms. The number of nitrogens with zero attached hydrogens (tertiary/aromatic N) is 3. The van der Waals surface area contributed by atoms with Gasteiger partial charge in [-0.15, -0.1) is 0 Å². The molecule has 0 spiro atoms. The molecule has 3 rings (SSSR count). The summed E-state index contributed by atoms with van der Waals surface area (Å²) in [6.07, 6.45) is 0.851. The van der Waals surface area contributed by atoms with Crippen LogP contribution in [0.1, 0.15) is 24.5 Å². The van der Waals surface area contributed by atoms with Crippen molar-refractivity contribution in [2.24, 2.45) is 5.92 Å². The number of aliphatic hydroxyl groups excluding tert-OH is 1. The highest BCUT2D eigenvalue weighted by atomic mass is 35.5. The van der Waals surface area contributed by atoms with E-state index in [2.05, 4.69) is 16.8 Å². The predicted octanol–water partition coefficient (Wildman–Crippen LogP) is 1.86. The summed E-state index contributed by atoms with van der Waals surface area (Å²) < 4.78 is 0. The lowest BCUT2D eigenvalue weighted by molar-refractivity contribution is -0.142. The summed E-state index contributed by atoms with van der Waals surface area (Å²) in [5, 5.41) is 10.8. The second kappa shape index (κ2) is 8.49. The number of hydrogen-bond acceptors (Lipinski definition) is 4. The summed E-state index contributed by atoms with van der Waals surface area (Å²) in [7, 11) is 2.17. The van der Waals surface area contributed by atoms with Crippen LogP contribution in [0.4, 0.5) is 0 Å². The number of aliphatic hydroxyl groups is 1. The van der Waals surface area contributed by atoms with Gasteiger partial charge in [0.25, 0.3) is 5.91 Å². The maximum atomic E-state index is 12.6. The van der Waals surface area contributed by atoms with Gasteiger partial charge < -0.3 is 19.8 Å². The van der Waals surface area contributed by atoms with Gasteiger partial charge >= 0.3 is 0 Å². The van der Waals surface area contributed by atoms with Gasteiger partial charge in [0.05, 0.1) is 0 Å². The molecule has 1 atom stereocenters. The highest BCUT2D eigenvalue weighted by Gasteiger charge is 2.29. The monoisotopic (exact) mass is 365 g/mol. The van der Waals surface area contributed by atoms with Crippen molar-refractivity contribution >= 4 is 17.5 Å². The van der Waals surface area contributed by atoms with Crippen LogP contribution >= 0.6 is 11.6 Å². The lowest BCUT2D eigenvalue weighted by atomic mass is 9.95. The van der Waals surface area contributed by atoms with Crippen molar-refractivity contribution in [3.63, 3.8) is 0 Å². The van der Waals surface area contributed by atoms with Crippen LogP contribution in [-0.4, -0.2) is 78.6 Å². The normalized spacial score (nSPS) is 22.1. The molecule has 2 aliphatic rings. The van der Waals surface area contributed by atoms with E-state index in [1.54, 1.807) is 29.2 Å². The molecule has 0 aromatic heterocycles. The van der Waals surface area contributed by atoms with Gasteiger partial charge in [-0.2, -0.15) is 0 Å². The highest BCUT2D eigenvalue weighted by Crippen LogP contribution is 2.26. The first kappa shape index (κ1) is 18.6. The minimum atomic E-state index is -1.16. The summed E-state index contributed by atoms with van der Waals surface area (Å²) in [5.74, 6) is 0.413. The second-order valence-electron chi connectivity index (χ2n) is 7.30. The number of halogens is 1. The standard InChI is InChI=1S/C19H28ClN3O2/c1-21-10-12-22(13-11-21)14-15-6-8-23(9-7-15)19(25)18(24)16-4-2-3-5-17(16)20/h2-5,15,18,24H,6-14H2,1H3.